The lowest BCUT2D eigenvalue weighted by Crippen LogP contribution is -2.58. The molecule has 1 heterocycles. The predicted molar refractivity (Wildman–Crippen MR) is 81.6 cm³/mol. The van der Waals surface area contributed by atoms with E-state index in [0.29, 0.717) is 18.6 Å². The molecule has 3 aliphatic rings. The summed E-state index contributed by atoms with van der Waals surface area (Å²) in [6, 6.07) is 3.48. The highest BCUT2D eigenvalue weighted by Crippen LogP contribution is 2.35. The molecule has 0 aromatic rings. The van der Waals surface area contributed by atoms with Gasteiger partial charge in [0.1, 0.15) is 5.54 Å². The molecule has 21 heavy (non-hydrogen) atoms. The third-order valence-corrected chi connectivity index (χ3v) is 6.98. The third-order valence-electron chi connectivity index (χ3n) is 5.19. The Balaban J connectivity index is 1.69. The summed E-state index contributed by atoms with van der Waals surface area (Å²) < 4.78 is 23.5. The van der Waals surface area contributed by atoms with Crippen molar-refractivity contribution in [2.24, 2.45) is 0 Å². The third kappa shape index (κ3) is 3.41. The van der Waals surface area contributed by atoms with Gasteiger partial charge in [0, 0.05) is 24.7 Å². The molecule has 0 radical (unpaired) electrons. The first kappa shape index (κ1) is 15.3. The molecule has 0 amide bonds. The predicted octanol–water partition coefficient (Wildman–Crippen LogP) is 1.06. The number of rotatable bonds is 3. The van der Waals surface area contributed by atoms with E-state index in [1.807, 2.05) is 6.92 Å². The van der Waals surface area contributed by atoms with E-state index < -0.39 is 9.84 Å². The highest BCUT2D eigenvalue weighted by molar-refractivity contribution is 7.91. The molecular formula is C15H25N3O2S. The maximum Gasteiger partial charge on any atom is 0.153 e. The van der Waals surface area contributed by atoms with E-state index in [-0.39, 0.29) is 23.1 Å². The summed E-state index contributed by atoms with van der Waals surface area (Å²) in [4.78, 5) is 2.33. The summed E-state index contributed by atoms with van der Waals surface area (Å²) in [5, 5.41) is 13.2. The first-order valence-electron chi connectivity index (χ1n) is 8.08. The minimum atomic E-state index is -2.87. The summed E-state index contributed by atoms with van der Waals surface area (Å²) in [5.74, 6) is 0.530. The molecule has 0 bridgehead atoms. The first-order chi connectivity index (χ1) is 9.93. The van der Waals surface area contributed by atoms with E-state index in [9.17, 15) is 13.7 Å². The highest BCUT2D eigenvalue weighted by Gasteiger charge is 2.43. The molecule has 0 aromatic heterocycles. The van der Waals surface area contributed by atoms with Crippen LogP contribution in [0.3, 0.4) is 0 Å². The Labute approximate surface area is 127 Å². The van der Waals surface area contributed by atoms with E-state index in [1.165, 1.54) is 12.8 Å². The number of hydrogen-bond acceptors (Lipinski definition) is 5. The van der Waals surface area contributed by atoms with Crippen molar-refractivity contribution >= 4 is 9.84 Å². The average Bonchev–Trinajstić information content (AvgIpc) is 3.22. The van der Waals surface area contributed by atoms with Crippen molar-refractivity contribution in [2.45, 2.75) is 69.1 Å². The topological polar surface area (TPSA) is 73.2 Å². The van der Waals surface area contributed by atoms with Gasteiger partial charge in [-0.1, -0.05) is 0 Å². The Hall–Kier alpha value is -0.640. The molecule has 0 aromatic carbocycles. The van der Waals surface area contributed by atoms with Gasteiger partial charge >= 0.3 is 0 Å². The number of hydrogen-bond donors (Lipinski definition) is 1. The lowest BCUT2D eigenvalue weighted by atomic mass is 9.79. The van der Waals surface area contributed by atoms with Crippen LogP contribution in [0.25, 0.3) is 0 Å². The Kier molecular flexibility index (Phi) is 4.02. The van der Waals surface area contributed by atoms with Crippen LogP contribution in [0.2, 0.25) is 0 Å². The highest BCUT2D eigenvalue weighted by atomic mass is 32.2. The van der Waals surface area contributed by atoms with Gasteiger partial charge in [0.15, 0.2) is 9.84 Å². The van der Waals surface area contributed by atoms with Gasteiger partial charge in [-0.05, 0) is 45.4 Å². The average molecular weight is 311 g/mol. The SMILES string of the molecule is CC1CS(=O)(=O)CCN1C1CCCC(C#N)(NC2CC2)C1. The van der Waals surface area contributed by atoms with Crippen LogP contribution in [0.15, 0.2) is 0 Å². The summed E-state index contributed by atoms with van der Waals surface area (Å²) in [5.41, 5.74) is -0.389. The van der Waals surface area contributed by atoms with Crippen LogP contribution in [0.4, 0.5) is 0 Å². The molecule has 6 heteroatoms. The molecule has 2 saturated carbocycles. The maximum absolute atomic E-state index is 11.7. The van der Waals surface area contributed by atoms with Crippen LogP contribution >= 0.6 is 0 Å². The molecule has 118 valence electrons. The van der Waals surface area contributed by atoms with Crippen molar-refractivity contribution in [3.05, 3.63) is 0 Å². The Morgan fingerprint density at radius 1 is 1.33 bits per heavy atom. The van der Waals surface area contributed by atoms with Crippen LogP contribution in [0.5, 0.6) is 0 Å². The molecule has 1 N–H and O–H groups in total. The quantitative estimate of drug-likeness (QED) is 0.844. The van der Waals surface area contributed by atoms with Gasteiger partial charge < -0.3 is 0 Å². The fraction of sp³-hybridized carbons (Fsp3) is 0.933. The number of nitriles is 1. The number of nitrogens with one attached hydrogen (secondary N) is 1. The molecular weight excluding hydrogens is 286 g/mol. The Morgan fingerprint density at radius 2 is 2.10 bits per heavy atom. The fourth-order valence-electron chi connectivity index (χ4n) is 3.97. The zero-order valence-corrected chi connectivity index (χ0v) is 13.5. The summed E-state index contributed by atoms with van der Waals surface area (Å²) >= 11 is 0. The zero-order chi connectivity index (χ0) is 15.1. The lowest BCUT2D eigenvalue weighted by Gasteiger charge is -2.45. The second-order valence-corrected chi connectivity index (χ2v) is 9.29. The molecule has 0 spiro atoms. The van der Waals surface area contributed by atoms with Crippen LogP contribution in [0.1, 0.15) is 45.4 Å². The fourth-order valence-corrected chi connectivity index (χ4v) is 5.55. The van der Waals surface area contributed by atoms with E-state index >= 15 is 0 Å². The number of sulfone groups is 1. The Bertz CT molecular complexity index is 538. The van der Waals surface area contributed by atoms with Crippen molar-refractivity contribution < 1.29 is 8.42 Å². The van der Waals surface area contributed by atoms with Crippen molar-refractivity contribution in [1.82, 2.24) is 10.2 Å². The second kappa shape index (κ2) is 5.53. The summed E-state index contributed by atoms with van der Waals surface area (Å²) in [6.07, 6.45) is 6.27. The van der Waals surface area contributed by atoms with Gasteiger partial charge in [-0.2, -0.15) is 5.26 Å². The van der Waals surface area contributed by atoms with Gasteiger partial charge in [-0.25, -0.2) is 8.42 Å². The van der Waals surface area contributed by atoms with E-state index in [1.54, 1.807) is 0 Å². The summed E-state index contributed by atoms with van der Waals surface area (Å²) in [7, 11) is -2.87. The standard InChI is InChI=1S/C15H25N3O2S/c1-12-10-21(19,20)8-7-18(12)14-3-2-6-15(9-14,11-16)17-13-4-5-13/h12-14,17H,2-10H2,1H3. The van der Waals surface area contributed by atoms with Gasteiger partial charge in [0.05, 0.1) is 17.6 Å². The molecule has 1 saturated heterocycles. The van der Waals surface area contributed by atoms with Crippen molar-refractivity contribution in [1.29, 1.82) is 5.26 Å². The molecule has 3 unspecified atom stereocenters. The lowest BCUT2D eigenvalue weighted by molar-refractivity contribution is 0.0945. The normalized spacial score (nSPS) is 40.6. The van der Waals surface area contributed by atoms with E-state index in [2.05, 4.69) is 16.3 Å². The van der Waals surface area contributed by atoms with Crippen LogP contribution < -0.4 is 5.32 Å². The molecule has 1 aliphatic heterocycles. The van der Waals surface area contributed by atoms with Gasteiger partial charge in [-0.15, -0.1) is 0 Å². The minimum absolute atomic E-state index is 0.0733. The van der Waals surface area contributed by atoms with Crippen molar-refractivity contribution in [3.63, 3.8) is 0 Å². The van der Waals surface area contributed by atoms with Crippen molar-refractivity contribution in [3.8, 4) is 6.07 Å². The zero-order valence-electron chi connectivity index (χ0n) is 12.7. The Morgan fingerprint density at radius 3 is 2.71 bits per heavy atom. The van der Waals surface area contributed by atoms with Crippen LogP contribution in [-0.2, 0) is 9.84 Å². The van der Waals surface area contributed by atoms with E-state index in [4.69, 9.17) is 0 Å². The minimum Gasteiger partial charge on any atom is -0.297 e. The van der Waals surface area contributed by atoms with Crippen molar-refractivity contribution in [2.75, 3.05) is 18.1 Å². The maximum atomic E-state index is 11.7. The van der Waals surface area contributed by atoms with Crippen LogP contribution in [-0.4, -0.2) is 55.0 Å². The first-order valence-corrected chi connectivity index (χ1v) is 9.90. The van der Waals surface area contributed by atoms with Gasteiger partial charge in [-0.3, -0.25) is 10.2 Å². The molecule has 3 atom stereocenters. The molecule has 2 aliphatic carbocycles. The molecule has 3 fully saturated rings. The second-order valence-electron chi connectivity index (χ2n) is 7.06. The number of nitrogens with zero attached hydrogens (tertiary/aromatic N) is 2. The van der Waals surface area contributed by atoms with Crippen LogP contribution in [0, 0.1) is 11.3 Å². The molecule has 3 rings (SSSR count). The smallest absolute Gasteiger partial charge is 0.153 e. The van der Waals surface area contributed by atoms with Gasteiger partial charge in [0.2, 0.25) is 0 Å². The monoisotopic (exact) mass is 311 g/mol. The van der Waals surface area contributed by atoms with Gasteiger partial charge in [0.25, 0.3) is 0 Å². The molecule has 5 nitrogen and oxygen atoms in total. The summed E-state index contributed by atoms with van der Waals surface area (Å²) in [6.45, 7) is 2.63. The largest absolute Gasteiger partial charge is 0.297 e. The van der Waals surface area contributed by atoms with E-state index in [0.717, 1.165) is 25.7 Å².